The van der Waals surface area contributed by atoms with Crippen molar-refractivity contribution in [2.45, 2.75) is 172 Å². The number of nitrogens with zero attached hydrogens (tertiary/aromatic N) is 12. The van der Waals surface area contributed by atoms with Crippen LogP contribution in [-0.4, -0.2) is 38.2 Å². The molecule has 8 aromatic heterocycles. The summed E-state index contributed by atoms with van der Waals surface area (Å²) in [6.45, 7) is 43.5. The van der Waals surface area contributed by atoms with Crippen molar-refractivity contribution in [3.63, 3.8) is 0 Å². The molecule has 0 aliphatic heterocycles. The number of para-hydroxylation sites is 9. The maximum Gasteiger partial charge on any atom is 0.295 e. The molecule has 24 rings (SSSR count). The molecule has 148 heavy (non-hydrogen) atoms. The van der Waals surface area contributed by atoms with Crippen molar-refractivity contribution in [2.24, 2.45) is 28.2 Å². The summed E-state index contributed by atoms with van der Waals surface area (Å²) in [6.07, 6.45) is 0. The molecule has 0 aliphatic carbocycles. The Morgan fingerprint density at radius 3 is 0.912 bits per heavy atom. The molecule has 16 aromatic carbocycles. The molecule has 0 N–H and O–H groups in total. The van der Waals surface area contributed by atoms with E-state index in [1.54, 1.807) is 0 Å². The normalized spacial score (nSPS) is 12.2. The fourth-order valence-corrected chi connectivity index (χ4v) is 21.0. The number of rotatable bonds is 13. The zero-order valence-corrected chi connectivity index (χ0v) is 89.5. The van der Waals surface area contributed by atoms with Crippen LogP contribution in [0, 0.1) is 27.7 Å². The highest BCUT2D eigenvalue weighted by Gasteiger charge is 2.38. The average Bonchev–Trinajstić information content (AvgIpc) is 1.58. The summed E-state index contributed by atoms with van der Waals surface area (Å²) < 4.78 is 43.5. The molecule has 0 spiro atoms. The summed E-state index contributed by atoms with van der Waals surface area (Å²) in [6, 6.07) is 121. The molecule has 0 fully saturated rings. The van der Waals surface area contributed by atoms with Crippen LogP contribution in [-0.2, 0) is 49.9 Å². The molecule has 0 amide bonds. The van der Waals surface area contributed by atoms with Gasteiger partial charge >= 0.3 is 0 Å². The molecule has 0 unspecified atom stereocenters. The maximum atomic E-state index is 6.24. The van der Waals surface area contributed by atoms with Crippen molar-refractivity contribution in [2.75, 3.05) is 0 Å². The van der Waals surface area contributed by atoms with Crippen LogP contribution in [0.25, 0.3) is 201 Å². The maximum absolute atomic E-state index is 6.24. The summed E-state index contributed by atoms with van der Waals surface area (Å²) in [5.41, 5.74) is 39.6. The summed E-state index contributed by atoms with van der Waals surface area (Å²) in [5, 5.41) is 2.45. The van der Waals surface area contributed by atoms with E-state index in [1.807, 2.05) is 0 Å². The molecule has 0 atom stereocenters. The van der Waals surface area contributed by atoms with Crippen molar-refractivity contribution in [1.82, 2.24) is 38.2 Å². The van der Waals surface area contributed by atoms with Crippen molar-refractivity contribution < 1.29 is 35.9 Å². The lowest BCUT2D eigenvalue weighted by molar-refractivity contribution is -0.634. The fraction of sp³-hybridized carbons (Fsp3) is 0.227. The molecule has 16 nitrogen and oxygen atoms in total. The molecule has 0 radical (unpaired) electrons. The van der Waals surface area contributed by atoms with E-state index in [2.05, 4.69) is 543 Å². The molecule has 16 heteroatoms. The van der Waals surface area contributed by atoms with E-state index < -0.39 is 0 Å². The molecular formula is C132H130N12O4+4. The van der Waals surface area contributed by atoms with Crippen molar-refractivity contribution in [3.05, 3.63) is 397 Å². The Morgan fingerprint density at radius 1 is 0.250 bits per heavy atom. The van der Waals surface area contributed by atoms with Gasteiger partial charge in [-0.05, 0) is 228 Å². The van der Waals surface area contributed by atoms with Crippen molar-refractivity contribution in [1.29, 1.82) is 0 Å². The number of imidazole rings is 4. The van der Waals surface area contributed by atoms with E-state index in [0.29, 0.717) is 11.8 Å². The van der Waals surface area contributed by atoms with Gasteiger partial charge in [-0.3, -0.25) is 0 Å². The number of hydrogen-bond donors (Lipinski definition) is 0. The first-order valence-electron chi connectivity index (χ1n) is 51.6. The second kappa shape index (κ2) is 38.2. The van der Waals surface area contributed by atoms with Gasteiger partial charge in [-0.1, -0.05) is 317 Å². The van der Waals surface area contributed by atoms with E-state index in [-0.39, 0.29) is 21.7 Å². The SMILES string of the molecule is Cc1cc2oc(C(C)(C)C)nc2cc1-c1n(-c2c(C(C)C)cc(-c3ccccc3)cc2C(C)C)c2ccccc2[n+]1C.Cc1cc2oc(C(C)(C)C)nc2cc1-c1n(-c2ccc(-c3ccccc3)cc2)c2ccccc2[n+]1C.Cc1cc2oc(C(C)(C)C)nc2cc1-c1n(-c2cccc3ccccc23)c2ccccc2[n+]1C.Cc1cc2oc(C(C)(C)C)nc2cc1-c1n(-c2ccccc2-c2ccccc2)c2ccccc2[n+]1C. The van der Waals surface area contributed by atoms with Gasteiger partial charge < -0.3 is 17.7 Å². The number of fused-ring (bicyclic) bond motifs is 9. The van der Waals surface area contributed by atoms with Crippen LogP contribution < -0.4 is 18.3 Å². The van der Waals surface area contributed by atoms with Gasteiger partial charge in [0.2, 0.25) is 23.6 Å². The minimum atomic E-state index is -0.161. The minimum Gasteiger partial charge on any atom is -0.440 e. The summed E-state index contributed by atoms with van der Waals surface area (Å²) in [4.78, 5) is 19.5. The van der Waals surface area contributed by atoms with Crippen LogP contribution in [0.5, 0.6) is 0 Å². The molecule has 8 heterocycles. The Labute approximate surface area is 866 Å². The smallest absolute Gasteiger partial charge is 0.295 e. The Balaban J connectivity index is 0.000000116. The van der Waals surface area contributed by atoms with Gasteiger partial charge in [-0.2, -0.15) is 18.3 Å². The average molecular weight is 1950 g/mol. The Bertz CT molecular complexity index is 9190. The van der Waals surface area contributed by atoms with Gasteiger partial charge in [0.05, 0.1) is 50.4 Å². The van der Waals surface area contributed by atoms with Gasteiger partial charge in [-0.15, -0.1) is 0 Å². The Hall–Kier alpha value is -16.5. The highest BCUT2D eigenvalue weighted by Crippen LogP contribution is 2.46. The first-order valence-corrected chi connectivity index (χ1v) is 51.6. The van der Waals surface area contributed by atoms with Gasteiger partial charge in [0.15, 0.2) is 66.5 Å². The molecule has 0 aliphatic rings. The molecular weight excluding hydrogens is 1820 g/mol. The minimum absolute atomic E-state index is 0.143. The first-order chi connectivity index (χ1) is 70.9. The van der Waals surface area contributed by atoms with Crippen LogP contribution in [0.3, 0.4) is 0 Å². The zero-order valence-electron chi connectivity index (χ0n) is 89.5. The predicted molar refractivity (Wildman–Crippen MR) is 606 cm³/mol. The number of oxazole rings is 4. The lowest BCUT2D eigenvalue weighted by Crippen LogP contribution is -2.30. The standard InChI is InChI=1S/C38H42N3O.2C32H30N3O.C30H28N3O/c1-23(2)28-20-27(26-15-11-10-12-16-26)21-29(24(3)4)35(28)41-33-18-14-13-17-32(33)40(9)36(41)30-22-31-34(19-25(30)5)42-37(39-31)38(6,7)8;1-21-19-29-25(33-31(36-29)32(2,3)4)20-24(21)30-34(5)27-17-11-12-18-28(27)35(30)26-16-10-9-15-23(26)22-13-7-6-8-14-22;1-21-19-29-26(33-31(36-29)32(2,3)4)20-25(21)30-34(5)27-13-9-10-14-28(27)35(30)24-17-15-23(16-18-24)22-11-7-6-8-12-22;1-19-17-27-23(31-29(34-27)30(2,3)4)18-22(19)28-32(5)25-14-8-9-15-26(25)33(28)24-16-10-12-20-11-6-7-13-21(20)24/h10-24H,1-9H3;2*6-20H,1-5H3;6-18H,1-5H3/q4*+1. The van der Waals surface area contributed by atoms with Crippen molar-refractivity contribution in [3.8, 4) is 102 Å². The number of aromatic nitrogens is 12. The Morgan fingerprint density at radius 2 is 0.534 bits per heavy atom. The van der Waals surface area contributed by atoms with E-state index in [9.17, 15) is 0 Å². The van der Waals surface area contributed by atoms with E-state index in [4.69, 9.17) is 37.6 Å². The summed E-state index contributed by atoms with van der Waals surface area (Å²) in [7, 11) is 8.61. The molecule has 24 aromatic rings. The lowest BCUT2D eigenvalue weighted by Gasteiger charge is -2.21. The van der Waals surface area contributed by atoms with Crippen molar-refractivity contribution >= 4 is 99.3 Å². The number of benzene rings is 16. The molecule has 0 saturated carbocycles. The van der Waals surface area contributed by atoms with Gasteiger partial charge in [0.25, 0.3) is 23.3 Å². The number of hydrogen-bond acceptors (Lipinski definition) is 8. The second-order valence-electron chi connectivity index (χ2n) is 44.4. The monoisotopic (exact) mass is 1950 g/mol. The molecule has 738 valence electrons. The van der Waals surface area contributed by atoms with Crippen LogP contribution in [0.1, 0.15) is 180 Å². The van der Waals surface area contributed by atoms with E-state index in [0.717, 1.165) is 158 Å². The third-order valence-electron chi connectivity index (χ3n) is 28.7. The summed E-state index contributed by atoms with van der Waals surface area (Å²) in [5.74, 6) is 8.19. The van der Waals surface area contributed by atoms with Gasteiger partial charge in [-0.25, -0.2) is 38.2 Å². The quantitative estimate of drug-likeness (QED) is 0.104. The lowest BCUT2D eigenvalue weighted by atomic mass is 9.88. The number of aryl methyl sites for hydroxylation is 8. The van der Waals surface area contributed by atoms with E-state index >= 15 is 0 Å². The largest absolute Gasteiger partial charge is 0.440 e. The van der Waals surface area contributed by atoms with Gasteiger partial charge in [0.1, 0.15) is 44.8 Å². The van der Waals surface area contributed by atoms with Crippen LogP contribution in [0.2, 0.25) is 0 Å². The highest BCUT2D eigenvalue weighted by atomic mass is 16.4. The van der Waals surface area contributed by atoms with Gasteiger partial charge in [0, 0.05) is 43.7 Å². The first kappa shape index (κ1) is 97.6. The topological polar surface area (TPSA) is 139 Å². The van der Waals surface area contributed by atoms with Crippen LogP contribution in [0.15, 0.2) is 357 Å². The Kier molecular flexibility index (Phi) is 25.2. The highest BCUT2D eigenvalue weighted by molar-refractivity contribution is 5.96. The molecule has 0 bridgehead atoms. The fourth-order valence-electron chi connectivity index (χ4n) is 21.0. The zero-order chi connectivity index (χ0) is 104. The second-order valence-corrected chi connectivity index (χ2v) is 44.4. The third kappa shape index (κ3) is 17.9. The molecule has 0 saturated heterocycles. The third-order valence-corrected chi connectivity index (χ3v) is 28.7. The van der Waals surface area contributed by atoms with Crippen LogP contribution >= 0.6 is 0 Å². The predicted octanol–water partition coefficient (Wildman–Crippen LogP) is 31.9. The van der Waals surface area contributed by atoms with E-state index in [1.165, 1.54) is 99.8 Å². The summed E-state index contributed by atoms with van der Waals surface area (Å²) >= 11 is 0. The van der Waals surface area contributed by atoms with Crippen LogP contribution in [0.4, 0.5) is 0 Å².